The Kier molecular flexibility index (Phi) is 2.64. The molecule has 0 amide bonds. The third-order valence-corrected chi connectivity index (χ3v) is 2.73. The van der Waals surface area contributed by atoms with Gasteiger partial charge in [0.05, 0.1) is 0 Å². The van der Waals surface area contributed by atoms with Crippen molar-refractivity contribution in [3.63, 3.8) is 0 Å². The average Bonchev–Trinajstić information content (AvgIpc) is 2.82. The quantitative estimate of drug-likeness (QED) is 0.760. The lowest BCUT2D eigenvalue weighted by atomic mass is 10.3. The van der Waals surface area contributed by atoms with Crippen molar-refractivity contribution in [2.45, 2.75) is 13.5 Å². The summed E-state index contributed by atoms with van der Waals surface area (Å²) in [6.07, 6.45) is 5.48. The molecule has 0 aliphatic rings. The lowest BCUT2D eigenvalue weighted by Gasteiger charge is -2.00. The number of rotatable bonds is 3. The van der Waals surface area contributed by atoms with Gasteiger partial charge in [0, 0.05) is 25.1 Å². The molecule has 90 valence electrons. The third kappa shape index (κ3) is 2.02. The van der Waals surface area contributed by atoms with E-state index in [-0.39, 0.29) is 0 Å². The molecule has 18 heavy (non-hydrogen) atoms. The Labute approximate surface area is 105 Å². The Morgan fingerprint density at radius 2 is 2.22 bits per heavy atom. The molecule has 3 heterocycles. The number of fused-ring (bicyclic) bond motifs is 1. The van der Waals surface area contributed by atoms with Gasteiger partial charge >= 0.3 is 0 Å². The summed E-state index contributed by atoms with van der Waals surface area (Å²) in [5.41, 5.74) is 3.10. The highest BCUT2D eigenvalue weighted by Crippen LogP contribution is 2.10. The maximum atomic E-state index is 4.45. The molecule has 1 N–H and O–H groups in total. The maximum Gasteiger partial charge on any atom is 0.243 e. The van der Waals surface area contributed by atoms with Crippen LogP contribution in [0.2, 0.25) is 0 Å². The number of aromatic nitrogens is 4. The van der Waals surface area contributed by atoms with Crippen molar-refractivity contribution in [2.24, 2.45) is 0 Å². The molecule has 0 fully saturated rings. The molecule has 0 aliphatic carbocycles. The monoisotopic (exact) mass is 239 g/mol. The van der Waals surface area contributed by atoms with E-state index >= 15 is 0 Å². The summed E-state index contributed by atoms with van der Waals surface area (Å²) in [4.78, 5) is 8.52. The molecule has 0 saturated carbocycles. The highest BCUT2D eigenvalue weighted by Gasteiger charge is 2.04. The molecular formula is C13H13N5. The molecule has 3 aromatic rings. The van der Waals surface area contributed by atoms with Crippen LogP contribution in [0.15, 0.2) is 42.9 Å². The summed E-state index contributed by atoms with van der Waals surface area (Å²) in [6, 6.07) is 7.91. The normalized spacial score (nSPS) is 10.7. The second kappa shape index (κ2) is 4.44. The topological polar surface area (TPSA) is 55.1 Å². The predicted molar refractivity (Wildman–Crippen MR) is 69.3 cm³/mol. The Morgan fingerprint density at radius 3 is 3.00 bits per heavy atom. The van der Waals surface area contributed by atoms with E-state index in [0.717, 1.165) is 16.8 Å². The second-order valence-electron chi connectivity index (χ2n) is 4.11. The van der Waals surface area contributed by atoms with Gasteiger partial charge in [-0.25, -0.2) is 4.52 Å². The largest absolute Gasteiger partial charge is 0.349 e. The fourth-order valence-corrected chi connectivity index (χ4v) is 1.80. The van der Waals surface area contributed by atoms with Crippen molar-refractivity contribution in [1.82, 2.24) is 19.6 Å². The first-order chi connectivity index (χ1) is 8.83. The van der Waals surface area contributed by atoms with Crippen molar-refractivity contribution in [2.75, 3.05) is 5.32 Å². The minimum Gasteiger partial charge on any atom is -0.349 e. The van der Waals surface area contributed by atoms with Gasteiger partial charge in [0.25, 0.3) is 0 Å². The zero-order valence-corrected chi connectivity index (χ0v) is 10.0. The van der Waals surface area contributed by atoms with E-state index in [1.807, 2.05) is 43.6 Å². The van der Waals surface area contributed by atoms with Crippen LogP contribution in [-0.4, -0.2) is 19.6 Å². The molecule has 0 spiro atoms. The van der Waals surface area contributed by atoms with Gasteiger partial charge in [-0.3, -0.25) is 4.98 Å². The van der Waals surface area contributed by atoms with Gasteiger partial charge in [-0.2, -0.15) is 4.98 Å². The highest BCUT2D eigenvalue weighted by molar-refractivity contribution is 5.49. The number of pyridine rings is 2. The molecule has 0 unspecified atom stereocenters. The Hall–Kier alpha value is -2.43. The number of hydrogen-bond acceptors (Lipinski definition) is 4. The molecule has 5 heteroatoms. The van der Waals surface area contributed by atoms with Crippen LogP contribution in [0.1, 0.15) is 11.1 Å². The highest BCUT2D eigenvalue weighted by atomic mass is 15.3. The molecular weight excluding hydrogens is 226 g/mol. The third-order valence-electron chi connectivity index (χ3n) is 2.73. The molecule has 0 aromatic carbocycles. The molecule has 0 aliphatic heterocycles. The Bertz CT molecular complexity index is 659. The summed E-state index contributed by atoms with van der Waals surface area (Å²) in [5.74, 6) is 0.633. The molecule has 3 rings (SSSR count). The van der Waals surface area contributed by atoms with Crippen LogP contribution in [-0.2, 0) is 6.54 Å². The summed E-state index contributed by atoms with van der Waals surface area (Å²) < 4.78 is 1.78. The number of nitrogens with zero attached hydrogens (tertiary/aromatic N) is 4. The lowest BCUT2D eigenvalue weighted by Crippen LogP contribution is -2.01. The number of hydrogen-bond donors (Lipinski definition) is 1. The standard InChI is InChI=1S/C13H13N5/c1-10-4-3-7-18-12(10)16-13(17-18)15-9-11-5-2-6-14-8-11/h2-8H,9H2,1H3,(H,15,17). The van der Waals surface area contributed by atoms with Crippen molar-refractivity contribution in [3.8, 4) is 0 Å². The lowest BCUT2D eigenvalue weighted by molar-refractivity contribution is 0.945. The zero-order valence-electron chi connectivity index (χ0n) is 10.0. The SMILES string of the molecule is Cc1cccn2nc(NCc3cccnc3)nc12. The zero-order chi connectivity index (χ0) is 12.4. The van der Waals surface area contributed by atoms with Crippen molar-refractivity contribution < 1.29 is 0 Å². The molecule has 3 aromatic heterocycles. The number of nitrogens with one attached hydrogen (secondary N) is 1. The molecule has 5 nitrogen and oxygen atoms in total. The van der Waals surface area contributed by atoms with Crippen molar-refractivity contribution in [1.29, 1.82) is 0 Å². The summed E-state index contributed by atoms with van der Waals surface area (Å²) in [6.45, 7) is 2.69. The Morgan fingerprint density at radius 1 is 1.28 bits per heavy atom. The minimum atomic E-state index is 0.633. The van der Waals surface area contributed by atoms with Gasteiger partial charge in [0.2, 0.25) is 5.95 Å². The molecule has 0 saturated heterocycles. The fraction of sp³-hybridized carbons (Fsp3) is 0.154. The van der Waals surface area contributed by atoms with Crippen LogP contribution in [0.5, 0.6) is 0 Å². The van der Waals surface area contributed by atoms with Gasteiger partial charge < -0.3 is 5.32 Å². The first-order valence-electron chi connectivity index (χ1n) is 5.78. The fourth-order valence-electron chi connectivity index (χ4n) is 1.80. The summed E-state index contributed by atoms with van der Waals surface area (Å²) in [5, 5.41) is 7.56. The average molecular weight is 239 g/mol. The first kappa shape index (κ1) is 10.7. The number of aryl methyl sites for hydroxylation is 1. The van der Waals surface area contributed by atoms with Crippen molar-refractivity contribution >= 4 is 11.6 Å². The van der Waals surface area contributed by atoms with Gasteiger partial charge in [0.15, 0.2) is 5.65 Å². The van der Waals surface area contributed by atoms with E-state index in [1.165, 1.54) is 0 Å². The van der Waals surface area contributed by atoms with E-state index in [0.29, 0.717) is 12.5 Å². The van der Waals surface area contributed by atoms with Crippen LogP contribution >= 0.6 is 0 Å². The second-order valence-corrected chi connectivity index (χ2v) is 4.11. The van der Waals surface area contributed by atoms with Crippen LogP contribution in [0.4, 0.5) is 5.95 Å². The Balaban J connectivity index is 1.81. The minimum absolute atomic E-state index is 0.633. The van der Waals surface area contributed by atoms with Gasteiger partial charge in [-0.05, 0) is 30.2 Å². The van der Waals surface area contributed by atoms with E-state index in [9.17, 15) is 0 Å². The predicted octanol–water partition coefficient (Wildman–Crippen LogP) is 2.04. The summed E-state index contributed by atoms with van der Waals surface area (Å²) in [7, 11) is 0. The van der Waals surface area contributed by atoms with Gasteiger partial charge in [-0.1, -0.05) is 12.1 Å². The van der Waals surface area contributed by atoms with Crippen LogP contribution in [0.25, 0.3) is 5.65 Å². The van der Waals surface area contributed by atoms with E-state index in [4.69, 9.17) is 0 Å². The van der Waals surface area contributed by atoms with E-state index in [2.05, 4.69) is 20.4 Å². The molecule has 0 atom stereocenters. The van der Waals surface area contributed by atoms with Gasteiger partial charge in [-0.15, -0.1) is 5.10 Å². The maximum absolute atomic E-state index is 4.45. The number of anilines is 1. The molecule has 0 radical (unpaired) electrons. The van der Waals surface area contributed by atoms with Crippen LogP contribution in [0, 0.1) is 6.92 Å². The van der Waals surface area contributed by atoms with Gasteiger partial charge in [0.1, 0.15) is 0 Å². The molecule has 0 bridgehead atoms. The smallest absolute Gasteiger partial charge is 0.243 e. The first-order valence-corrected chi connectivity index (χ1v) is 5.78. The van der Waals surface area contributed by atoms with Crippen molar-refractivity contribution in [3.05, 3.63) is 54.0 Å². The van der Waals surface area contributed by atoms with E-state index in [1.54, 1.807) is 10.7 Å². The van der Waals surface area contributed by atoms with Crippen LogP contribution < -0.4 is 5.32 Å². The summed E-state index contributed by atoms with van der Waals surface area (Å²) >= 11 is 0. The van der Waals surface area contributed by atoms with Crippen LogP contribution in [0.3, 0.4) is 0 Å². The van der Waals surface area contributed by atoms with E-state index < -0.39 is 0 Å².